The Morgan fingerprint density at radius 3 is 2.24 bits per heavy atom. The molecule has 0 fully saturated rings. The van der Waals surface area contributed by atoms with E-state index >= 15 is 0 Å². The van der Waals surface area contributed by atoms with E-state index in [2.05, 4.69) is 0 Å². The maximum absolute atomic E-state index is 13.2. The van der Waals surface area contributed by atoms with Gasteiger partial charge in [0.25, 0.3) is 0 Å². The van der Waals surface area contributed by atoms with Gasteiger partial charge in [0, 0.05) is 12.0 Å². The average Bonchev–Trinajstić information content (AvgIpc) is 2.24. The molecule has 0 radical (unpaired) electrons. The van der Waals surface area contributed by atoms with E-state index in [0.717, 1.165) is 5.56 Å². The van der Waals surface area contributed by atoms with Gasteiger partial charge in [-0.2, -0.15) is 13.2 Å². The fourth-order valence-electron chi connectivity index (χ4n) is 3.41. The number of aromatic hydroxyl groups is 1. The Bertz CT molecular complexity index is 561. The van der Waals surface area contributed by atoms with E-state index in [1.807, 2.05) is 13.8 Å². The lowest BCUT2D eigenvalue weighted by Gasteiger charge is -2.44. The molecule has 0 amide bonds. The molecule has 0 saturated carbocycles. The highest BCUT2D eigenvalue weighted by molar-refractivity contribution is 5.52. The molecule has 1 aromatic rings. The summed E-state index contributed by atoms with van der Waals surface area (Å²) < 4.78 is 39.5. The van der Waals surface area contributed by atoms with Crippen molar-refractivity contribution in [2.75, 3.05) is 0 Å². The van der Waals surface area contributed by atoms with Crippen LogP contribution in [-0.2, 0) is 11.8 Å². The minimum Gasteiger partial charge on any atom is -0.507 e. The Balaban J connectivity index is 2.62. The van der Waals surface area contributed by atoms with Gasteiger partial charge in [-0.25, -0.2) is 0 Å². The number of phenolic OH excluding ortho intramolecular Hbond substituents is 1. The molecular formula is C16H21F3O2. The molecule has 2 rings (SSSR count). The first kappa shape index (κ1) is 16.1. The van der Waals surface area contributed by atoms with E-state index in [9.17, 15) is 23.4 Å². The number of alkyl halides is 3. The molecule has 0 spiro atoms. The van der Waals surface area contributed by atoms with Gasteiger partial charge in [-0.3, -0.25) is 0 Å². The summed E-state index contributed by atoms with van der Waals surface area (Å²) in [6.45, 7) is 7.10. The van der Waals surface area contributed by atoms with Gasteiger partial charge in [0.2, 0.25) is 0 Å². The predicted molar refractivity (Wildman–Crippen MR) is 74.5 cm³/mol. The number of rotatable bonds is 1. The Labute approximate surface area is 122 Å². The second-order valence-corrected chi connectivity index (χ2v) is 6.96. The fourth-order valence-corrected chi connectivity index (χ4v) is 3.41. The van der Waals surface area contributed by atoms with Crippen molar-refractivity contribution in [3.63, 3.8) is 0 Å². The van der Waals surface area contributed by atoms with Gasteiger partial charge in [0.1, 0.15) is 5.75 Å². The molecule has 0 bridgehead atoms. The third kappa shape index (κ3) is 2.52. The SMILES string of the molecule is CC(C)c1ccc2c(c1O)C(C)(C)CC(O)(C(F)(F)F)C2. The number of hydrogen-bond donors (Lipinski definition) is 2. The number of phenols is 1. The van der Waals surface area contributed by atoms with Gasteiger partial charge < -0.3 is 10.2 Å². The minimum absolute atomic E-state index is 0.0664. The summed E-state index contributed by atoms with van der Waals surface area (Å²) in [7, 11) is 0. The molecule has 1 aliphatic carbocycles. The van der Waals surface area contributed by atoms with Crippen LogP contribution in [0.4, 0.5) is 13.2 Å². The molecule has 0 saturated heterocycles. The first-order valence-corrected chi connectivity index (χ1v) is 7.03. The van der Waals surface area contributed by atoms with E-state index < -0.39 is 30.0 Å². The lowest BCUT2D eigenvalue weighted by molar-refractivity contribution is -0.268. The van der Waals surface area contributed by atoms with Crippen LogP contribution in [-0.4, -0.2) is 22.0 Å². The van der Waals surface area contributed by atoms with Crippen molar-refractivity contribution in [3.05, 3.63) is 28.8 Å². The average molecular weight is 302 g/mol. The van der Waals surface area contributed by atoms with E-state index in [4.69, 9.17) is 0 Å². The molecule has 1 atom stereocenters. The maximum atomic E-state index is 13.2. The summed E-state index contributed by atoms with van der Waals surface area (Å²) in [5.41, 5.74) is -2.07. The van der Waals surface area contributed by atoms with E-state index in [1.165, 1.54) is 0 Å². The maximum Gasteiger partial charge on any atom is 0.417 e. The van der Waals surface area contributed by atoms with Crippen LogP contribution in [0.15, 0.2) is 12.1 Å². The highest BCUT2D eigenvalue weighted by Gasteiger charge is 2.58. The first-order chi connectivity index (χ1) is 9.39. The summed E-state index contributed by atoms with van der Waals surface area (Å²) in [5.74, 6) is 0.145. The zero-order valence-electron chi connectivity index (χ0n) is 12.7. The largest absolute Gasteiger partial charge is 0.507 e. The molecule has 0 heterocycles. The Morgan fingerprint density at radius 2 is 1.76 bits per heavy atom. The van der Waals surface area contributed by atoms with Crippen molar-refractivity contribution in [1.29, 1.82) is 0 Å². The quantitative estimate of drug-likeness (QED) is 0.822. The van der Waals surface area contributed by atoms with Crippen molar-refractivity contribution in [1.82, 2.24) is 0 Å². The summed E-state index contributed by atoms with van der Waals surface area (Å²) in [6.07, 6.45) is -5.65. The van der Waals surface area contributed by atoms with E-state index in [0.29, 0.717) is 11.1 Å². The summed E-state index contributed by atoms with van der Waals surface area (Å²) in [4.78, 5) is 0. The van der Waals surface area contributed by atoms with Crippen LogP contribution in [0, 0.1) is 0 Å². The van der Waals surface area contributed by atoms with Gasteiger partial charge in [-0.15, -0.1) is 0 Å². The van der Waals surface area contributed by atoms with Crippen LogP contribution in [0.3, 0.4) is 0 Å². The summed E-state index contributed by atoms with van der Waals surface area (Å²) in [5, 5.41) is 20.5. The third-order valence-electron chi connectivity index (χ3n) is 4.34. The van der Waals surface area contributed by atoms with Gasteiger partial charge >= 0.3 is 6.18 Å². The zero-order valence-corrected chi connectivity index (χ0v) is 12.7. The van der Waals surface area contributed by atoms with Gasteiger partial charge in [-0.05, 0) is 28.9 Å². The number of fused-ring (bicyclic) bond motifs is 1. The Hall–Kier alpha value is -1.23. The van der Waals surface area contributed by atoms with Crippen molar-refractivity contribution in [2.45, 2.75) is 63.6 Å². The smallest absolute Gasteiger partial charge is 0.417 e. The first-order valence-electron chi connectivity index (χ1n) is 7.03. The van der Waals surface area contributed by atoms with E-state index in [1.54, 1.807) is 26.0 Å². The zero-order chi connectivity index (χ0) is 16.2. The number of halogens is 3. The highest BCUT2D eigenvalue weighted by Crippen LogP contribution is 2.51. The number of hydrogen-bond acceptors (Lipinski definition) is 2. The van der Waals surface area contributed by atoms with Gasteiger partial charge in [0.05, 0.1) is 0 Å². The molecule has 2 N–H and O–H groups in total. The standard InChI is InChI=1S/C16H21F3O2/c1-9(2)11-6-5-10-7-15(21,16(17,18)19)8-14(3,4)12(10)13(11)20/h5-6,9,20-21H,7-8H2,1-4H3. The summed E-state index contributed by atoms with van der Waals surface area (Å²) in [6, 6.07) is 3.25. The molecule has 0 aromatic heterocycles. The van der Waals surface area contributed by atoms with E-state index in [-0.39, 0.29) is 11.7 Å². The third-order valence-corrected chi connectivity index (χ3v) is 4.34. The highest BCUT2D eigenvalue weighted by atomic mass is 19.4. The molecular weight excluding hydrogens is 281 g/mol. The lowest BCUT2D eigenvalue weighted by atomic mass is 9.65. The fraction of sp³-hybridized carbons (Fsp3) is 0.625. The Kier molecular flexibility index (Phi) is 3.56. The molecule has 1 unspecified atom stereocenters. The molecule has 0 aliphatic heterocycles. The molecule has 118 valence electrons. The van der Waals surface area contributed by atoms with Crippen LogP contribution in [0.2, 0.25) is 0 Å². The lowest BCUT2D eigenvalue weighted by Crippen LogP contribution is -2.53. The van der Waals surface area contributed by atoms with Crippen LogP contribution in [0.25, 0.3) is 0 Å². The second-order valence-electron chi connectivity index (χ2n) is 6.96. The normalized spacial score (nSPS) is 25.0. The van der Waals surface area contributed by atoms with Crippen molar-refractivity contribution < 1.29 is 23.4 Å². The predicted octanol–water partition coefficient (Wildman–Crippen LogP) is 4.03. The molecule has 5 heteroatoms. The molecule has 1 aromatic carbocycles. The van der Waals surface area contributed by atoms with Crippen LogP contribution >= 0.6 is 0 Å². The van der Waals surface area contributed by atoms with Crippen LogP contribution in [0.1, 0.15) is 56.7 Å². The van der Waals surface area contributed by atoms with Crippen LogP contribution in [0.5, 0.6) is 5.75 Å². The van der Waals surface area contributed by atoms with Crippen molar-refractivity contribution in [2.24, 2.45) is 0 Å². The van der Waals surface area contributed by atoms with Gasteiger partial charge in [-0.1, -0.05) is 39.8 Å². The van der Waals surface area contributed by atoms with Crippen LogP contribution < -0.4 is 0 Å². The Morgan fingerprint density at radius 1 is 1.19 bits per heavy atom. The molecule has 21 heavy (non-hydrogen) atoms. The minimum atomic E-state index is -4.69. The monoisotopic (exact) mass is 302 g/mol. The van der Waals surface area contributed by atoms with Crippen molar-refractivity contribution >= 4 is 0 Å². The molecule has 2 nitrogen and oxygen atoms in total. The molecule has 1 aliphatic rings. The van der Waals surface area contributed by atoms with Gasteiger partial charge in [0.15, 0.2) is 5.60 Å². The summed E-state index contributed by atoms with van der Waals surface area (Å²) >= 11 is 0. The second kappa shape index (κ2) is 4.63. The number of aliphatic hydroxyl groups is 1. The topological polar surface area (TPSA) is 40.5 Å². The van der Waals surface area contributed by atoms with Crippen molar-refractivity contribution in [3.8, 4) is 5.75 Å². The number of benzene rings is 1.